The van der Waals surface area contributed by atoms with Gasteiger partial charge in [0.25, 0.3) is 0 Å². The van der Waals surface area contributed by atoms with Gasteiger partial charge in [0.05, 0.1) is 7.11 Å². The summed E-state index contributed by atoms with van der Waals surface area (Å²) in [5.41, 5.74) is 1.69. The number of rotatable bonds is 7. The van der Waals surface area contributed by atoms with Crippen LogP contribution in [0.5, 0.6) is 17.2 Å². The number of carbonyl (C=O) groups excluding carboxylic acids is 1. The first-order valence-corrected chi connectivity index (χ1v) is 14.4. The molecule has 7 nitrogen and oxygen atoms in total. The van der Waals surface area contributed by atoms with Gasteiger partial charge in [-0.25, -0.2) is 0 Å². The molecule has 1 saturated heterocycles. The van der Waals surface area contributed by atoms with Crippen molar-refractivity contribution in [2.24, 2.45) is 17.8 Å². The minimum Gasteiger partial charge on any atom is -0.504 e. The van der Waals surface area contributed by atoms with E-state index in [1.54, 1.807) is 13.2 Å². The third-order valence-electron chi connectivity index (χ3n) is 9.65. The van der Waals surface area contributed by atoms with Gasteiger partial charge >= 0.3 is 5.97 Å². The van der Waals surface area contributed by atoms with Gasteiger partial charge in [-0.1, -0.05) is 13.8 Å². The van der Waals surface area contributed by atoms with Crippen molar-refractivity contribution in [3.05, 3.63) is 17.2 Å². The maximum absolute atomic E-state index is 13.2. The molecule has 37 heavy (non-hydrogen) atoms. The summed E-state index contributed by atoms with van der Waals surface area (Å²) in [5, 5.41) is 14.8. The lowest BCUT2D eigenvalue weighted by Crippen LogP contribution is -2.69. The fourth-order valence-corrected chi connectivity index (χ4v) is 8.02. The molecule has 0 amide bonds. The second-order valence-corrected chi connectivity index (χ2v) is 13.5. The van der Waals surface area contributed by atoms with Crippen LogP contribution in [0.2, 0.25) is 0 Å². The number of carbonyl (C=O) groups is 1. The van der Waals surface area contributed by atoms with Gasteiger partial charge in [0, 0.05) is 41.2 Å². The molecule has 5 aliphatic rings. The fraction of sp³-hybridized carbons (Fsp3) is 0.767. The fourth-order valence-electron chi connectivity index (χ4n) is 8.02. The summed E-state index contributed by atoms with van der Waals surface area (Å²) in [6.07, 6.45) is 6.57. The number of phenolic OH excluding ortho intramolecular Hbond substituents is 1. The van der Waals surface area contributed by atoms with Crippen molar-refractivity contribution in [2.75, 3.05) is 20.2 Å². The summed E-state index contributed by atoms with van der Waals surface area (Å²) in [7, 11) is 1.70. The second-order valence-electron chi connectivity index (χ2n) is 13.5. The van der Waals surface area contributed by atoms with Crippen LogP contribution < -0.4 is 14.8 Å². The van der Waals surface area contributed by atoms with Crippen LogP contribution in [0.15, 0.2) is 6.07 Å². The molecule has 3 aliphatic carbocycles. The summed E-state index contributed by atoms with van der Waals surface area (Å²) >= 11 is 0. The number of esters is 1. The van der Waals surface area contributed by atoms with E-state index in [1.165, 1.54) is 30.5 Å². The zero-order valence-electron chi connectivity index (χ0n) is 23.3. The molecule has 2 aliphatic heterocycles. The summed E-state index contributed by atoms with van der Waals surface area (Å²) < 4.78 is 18.4. The van der Waals surface area contributed by atoms with E-state index in [4.69, 9.17) is 14.2 Å². The number of likely N-dealkylation sites (tertiary alicyclic amines) is 1. The van der Waals surface area contributed by atoms with E-state index in [9.17, 15) is 9.90 Å². The lowest BCUT2D eigenvalue weighted by Gasteiger charge is -2.60. The van der Waals surface area contributed by atoms with Gasteiger partial charge in [0.1, 0.15) is 23.5 Å². The number of nitrogens with one attached hydrogen (secondary N) is 1. The van der Waals surface area contributed by atoms with Crippen LogP contribution in [-0.4, -0.2) is 66.0 Å². The third kappa shape index (κ3) is 4.03. The Labute approximate surface area is 221 Å². The molecular formula is C30H44N2O5. The van der Waals surface area contributed by atoms with Gasteiger partial charge in [0.2, 0.25) is 0 Å². The first-order valence-electron chi connectivity index (χ1n) is 14.4. The molecule has 3 fully saturated rings. The topological polar surface area (TPSA) is 80.3 Å². The average Bonchev–Trinajstić information content (AvgIpc) is 3.57. The number of benzene rings is 1. The monoisotopic (exact) mass is 512 g/mol. The van der Waals surface area contributed by atoms with Gasteiger partial charge in [-0.3, -0.25) is 15.0 Å². The van der Waals surface area contributed by atoms with E-state index in [0.29, 0.717) is 17.7 Å². The molecule has 1 aromatic rings. The lowest BCUT2D eigenvalue weighted by molar-refractivity contribution is -0.159. The molecule has 0 aromatic heterocycles. The summed E-state index contributed by atoms with van der Waals surface area (Å²) in [5.74, 6) is 2.79. The van der Waals surface area contributed by atoms with Gasteiger partial charge in [-0.2, -0.15) is 0 Å². The number of hydrogen-bond acceptors (Lipinski definition) is 7. The van der Waals surface area contributed by atoms with Crippen molar-refractivity contribution in [1.29, 1.82) is 0 Å². The maximum atomic E-state index is 13.2. The molecule has 204 valence electrons. The van der Waals surface area contributed by atoms with Crippen LogP contribution in [0.1, 0.15) is 77.8 Å². The number of nitrogens with zero attached hydrogens (tertiary/aromatic N) is 1. The van der Waals surface area contributed by atoms with Gasteiger partial charge < -0.3 is 19.3 Å². The van der Waals surface area contributed by atoms with Crippen molar-refractivity contribution in [3.8, 4) is 17.2 Å². The molecule has 2 saturated carbocycles. The van der Waals surface area contributed by atoms with E-state index < -0.39 is 11.6 Å². The SMILES string of the molecule is COc1cc(O)c2c3c1C[C@@H]1[C@@H]4CC[C@@H](N[C@H](C(=O)OC(C)(C)C)C(C)C)[C@H](O2)[C@]34CCN1CC1CC1. The predicted octanol–water partition coefficient (Wildman–Crippen LogP) is 4.17. The maximum Gasteiger partial charge on any atom is 0.323 e. The minimum atomic E-state index is -0.537. The highest BCUT2D eigenvalue weighted by Crippen LogP contribution is 2.65. The number of piperidine rings is 1. The molecule has 2 bridgehead atoms. The average molecular weight is 513 g/mol. The smallest absolute Gasteiger partial charge is 0.323 e. The highest BCUT2D eigenvalue weighted by Gasteiger charge is 2.66. The Hall–Kier alpha value is -1.99. The highest BCUT2D eigenvalue weighted by atomic mass is 16.6. The Kier molecular flexibility index (Phi) is 6.00. The van der Waals surface area contributed by atoms with E-state index in [2.05, 4.69) is 24.1 Å². The molecule has 0 unspecified atom stereocenters. The summed E-state index contributed by atoms with van der Waals surface area (Å²) in [6, 6.07) is 1.78. The number of ether oxygens (including phenoxy) is 3. The van der Waals surface area contributed by atoms with Crippen molar-refractivity contribution in [2.45, 2.75) is 108 Å². The number of hydrogen-bond donors (Lipinski definition) is 2. The van der Waals surface area contributed by atoms with Crippen LogP contribution in [0.25, 0.3) is 0 Å². The van der Waals surface area contributed by atoms with E-state index in [0.717, 1.165) is 43.9 Å². The predicted molar refractivity (Wildman–Crippen MR) is 141 cm³/mol. The van der Waals surface area contributed by atoms with Crippen molar-refractivity contribution in [3.63, 3.8) is 0 Å². The number of methoxy groups -OCH3 is 1. The molecule has 7 heteroatoms. The Morgan fingerprint density at radius 2 is 2.03 bits per heavy atom. The number of aromatic hydroxyl groups is 1. The van der Waals surface area contributed by atoms with Crippen molar-refractivity contribution in [1.82, 2.24) is 10.2 Å². The van der Waals surface area contributed by atoms with E-state index in [-0.39, 0.29) is 35.2 Å². The van der Waals surface area contributed by atoms with E-state index >= 15 is 0 Å². The minimum absolute atomic E-state index is 0.00412. The summed E-state index contributed by atoms with van der Waals surface area (Å²) in [4.78, 5) is 16.0. The molecule has 6 rings (SSSR count). The Morgan fingerprint density at radius 3 is 2.68 bits per heavy atom. The van der Waals surface area contributed by atoms with Crippen LogP contribution in [-0.2, 0) is 21.4 Å². The Balaban J connectivity index is 1.38. The Bertz CT molecular complexity index is 1080. The molecule has 2 N–H and O–H groups in total. The zero-order valence-corrected chi connectivity index (χ0v) is 23.3. The Morgan fingerprint density at radius 1 is 1.27 bits per heavy atom. The van der Waals surface area contributed by atoms with E-state index in [1.807, 2.05) is 20.8 Å². The normalized spacial score (nSPS) is 33.1. The standard InChI is InChI=1S/C30H44N2O5/c1-16(2)25(28(34)37-29(3,4)5)31-20-10-9-19-21-13-18-23(35-6)14-22(33)26-24(18)30(19,27(20)36-26)11-12-32(21)15-17-7-8-17/h14,16-17,19-21,25,27,31,33H,7-13,15H2,1-6H3/t19-,20+,21+,25-,27-,30-/m0/s1. The molecule has 0 radical (unpaired) electrons. The van der Waals surface area contributed by atoms with Crippen molar-refractivity contribution >= 4 is 5.97 Å². The molecule has 6 atom stereocenters. The molecule has 1 aromatic carbocycles. The molecule has 2 heterocycles. The highest BCUT2D eigenvalue weighted by molar-refractivity contribution is 5.76. The molecular weight excluding hydrogens is 468 g/mol. The van der Waals surface area contributed by atoms with Crippen LogP contribution in [0, 0.1) is 17.8 Å². The van der Waals surface area contributed by atoms with Gasteiger partial charge in [-0.05, 0) is 83.6 Å². The van der Waals surface area contributed by atoms with Crippen molar-refractivity contribution < 1.29 is 24.1 Å². The van der Waals surface area contributed by atoms with Crippen LogP contribution in [0.3, 0.4) is 0 Å². The third-order valence-corrected chi connectivity index (χ3v) is 9.65. The van der Waals surface area contributed by atoms with Gasteiger partial charge in [0.15, 0.2) is 11.5 Å². The summed E-state index contributed by atoms with van der Waals surface area (Å²) in [6.45, 7) is 12.1. The lowest BCUT2D eigenvalue weighted by atomic mass is 9.51. The number of phenols is 1. The van der Waals surface area contributed by atoms with Gasteiger partial charge in [-0.15, -0.1) is 0 Å². The van der Waals surface area contributed by atoms with Crippen LogP contribution in [0.4, 0.5) is 0 Å². The second kappa shape index (κ2) is 8.77. The first kappa shape index (κ1) is 25.3. The quantitative estimate of drug-likeness (QED) is 0.531. The largest absolute Gasteiger partial charge is 0.504 e. The van der Waals surface area contributed by atoms with Crippen LogP contribution >= 0.6 is 0 Å². The molecule has 1 spiro atoms. The first-order chi connectivity index (χ1) is 17.5. The zero-order chi connectivity index (χ0) is 26.3.